The molecule has 0 aromatic rings. The van der Waals surface area contributed by atoms with Gasteiger partial charge in [-0.1, -0.05) is 0 Å². The zero-order chi connectivity index (χ0) is 7.00. The third kappa shape index (κ3) is 2.03. The maximum Gasteiger partial charge on any atom is 0.124 e. The smallest absolute Gasteiger partial charge is 0.124 e. The number of hydrogen-bond acceptors (Lipinski definition) is 3. The second-order valence-corrected chi connectivity index (χ2v) is 3.82. The van der Waals surface area contributed by atoms with E-state index in [2.05, 4.69) is 12.6 Å². The second kappa shape index (κ2) is 1.90. The monoisotopic (exact) mass is 135 g/mol. The van der Waals surface area contributed by atoms with E-state index in [0.29, 0.717) is 0 Å². The molecule has 3 N–H and O–H groups in total. The van der Waals surface area contributed by atoms with Gasteiger partial charge in [0.05, 0.1) is 0 Å². The van der Waals surface area contributed by atoms with Gasteiger partial charge in [0.25, 0.3) is 0 Å². The molecular formula is C5H13NOS. The third-order valence-electron chi connectivity index (χ3n) is 1.24. The third-order valence-corrected chi connectivity index (χ3v) is 1.69. The maximum atomic E-state index is 9.06. The highest BCUT2D eigenvalue weighted by atomic mass is 32.1. The first-order valence-corrected chi connectivity index (χ1v) is 2.93. The fraction of sp³-hybridized carbons (Fsp3) is 1.00. The van der Waals surface area contributed by atoms with Gasteiger partial charge in [0.15, 0.2) is 0 Å². The Bertz CT molecular complexity index is 67.4. The fourth-order valence-electron chi connectivity index (χ4n) is 0. The summed E-state index contributed by atoms with van der Waals surface area (Å²) in [5, 5.41) is 9.06. The number of aliphatic hydroxyl groups is 1. The lowest BCUT2D eigenvalue weighted by molar-refractivity contribution is 0.0372. The normalized spacial score (nSPS) is 20.2. The Labute approximate surface area is 55.5 Å². The summed E-state index contributed by atoms with van der Waals surface area (Å²) in [7, 11) is 0. The van der Waals surface area contributed by atoms with Gasteiger partial charge in [0.2, 0.25) is 0 Å². The SMILES string of the molecule is CC(N)(O)C(C)(C)S. The number of hydrogen-bond donors (Lipinski definition) is 3. The number of nitrogens with two attached hydrogens (primary N) is 1. The van der Waals surface area contributed by atoms with Crippen LogP contribution in [0.3, 0.4) is 0 Å². The van der Waals surface area contributed by atoms with E-state index in [4.69, 9.17) is 10.8 Å². The Hall–Kier alpha value is 0.270. The summed E-state index contributed by atoms with van der Waals surface area (Å²) in [5.74, 6) is 0. The van der Waals surface area contributed by atoms with Gasteiger partial charge in [0, 0.05) is 4.75 Å². The summed E-state index contributed by atoms with van der Waals surface area (Å²) >= 11 is 4.06. The topological polar surface area (TPSA) is 46.2 Å². The molecule has 0 radical (unpaired) electrons. The molecule has 1 unspecified atom stereocenters. The van der Waals surface area contributed by atoms with E-state index in [0.717, 1.165) is 0 Å². The predicted octanol–water partition coefficient (Wildman–Crippen LogP) is 0.362. The first-order chi connectivity index (χ1) is 3.25. The van der Waals surface area contributed by atoms with Crippen LogP contribution in [-0.2, 0) is 0 Å². The Balaban J connectivity index is 4.02. The summed E-state index contributed by atoms with van der Waals surface area (Å²) in [6.45, 7) is 5.05. The summed E-state index contributed by atoms with van der Waals surface area (Å²) in [6.07, 6.45) is 0. The molecular weight excluding hydrogens is 122 g/mol. The molecule has 3 heteroatoms. The van der Waals surface area contributed by atoms with Gasteiger partial charge in [-0.05, 0) is 20.8 Å². The van der Waals surface area contributed by atoms with Gasteiger partial charge in [-0.3, -0.25) is 0 Å². The summed E-state index contributed by atoms with van der Waals surface area (Å²) < 4.78 is -0.535. The van der Waals surface area contributed by atoms with E-state index >= 15 is 0 Å². The van der Waals surface area contributed by atoms with Crippen LogP contribution < -0.4 is 5.73 Å². The molecule has 0 saturated carbocycles. The fourth-order valence-corrected chi connectivity index (χ4v) is 0. The van der Waals surface area contributed by atoms with Gasteiger partial charge < -0.3 is 10.8 Å². The van der Waals surface area contributed by atoms with Crippen LogP contribution >= 0.6 is 12.6 Å². The standard InChI is InChI=1S/C5H13NOS/c1-4(2,8)5(3,6)7/h7-8H,6H2,1-3H3. The zero-order valence-corrected chi connectivity index (χ0v) is 6.37. The number of thiol groups is 1. The van der Waals surface area contributed by atoms with Crippen molar-refractivity contribution in [1.82, 2.24) is 0 Å². The quantitative estimate of drug-likeness (QED) is 0.359. The van der Waals surface area contributed by atoms with Crippen molar-refractivity contribution in [3.05, 3.63) is 0 Å². The average Bonchev–Trinajstić information content (AvgIpc) is 1.25. The van der Waals surface area contributed by atoms with E-state index in [-0.39, 0.29) is 0 Å². The van der Waals surface area contributed by atoms with E-state index < -0.39 is 10.5 Å². The van der Waals surface area contributed by atoms with Crippen molar-refractivity contribution in [2.24, 2.45) is 5.73 Å². The first kappa shape index (κ1) is 8.27. The minimum atomic E-state index is -1.20. The molecule has 0 aromatic heterocycles. The molecule has 0 fully saturated rings. The van der Waals surface area contributed by atoms with Gasteiger partial charge in [-0.2, -0.15) is 12.6 Å². The molecule has 2 nitrogen and oxygen atoms in total. The molecule has 0 heterocycles. The van der Waals surface area contributed by atoms with Crippen LogP contribution in [0.15, 0.2) is 0 Å². The van der Waals surface area contributed by atoms with Crippen molar-refractivity contribution in [3.63, 3.8) is 0 Å². The summed E-state index contributed by atoms with van der Waals surface area (Å²) in [6, 6.07) is 0. The van der Waals surface area contributed by atoms with Crippen molar-refractivity contribution in [1.29, 1.82) is 0 Å². The van der Waals surface area contributed by atoms with E-state index in [1.807, 2.05) is 0 Å². The highest BCUT2D eigenvalue weighted by Gasteiger charge is 2.31. The second-order valence-electron chi connectivity index (χ2n) is 2.71. The lowest BCUT2D eigenvalue weighted by Crippen LogP contribution is -2.51. The van der Waals surface area contributed by atoms with Crippen LogP contribution in [0.5, 0.6) is 0 Å². The predicted molar refractivity (Wildman–Crippen MR) is 37.9 cm³/mol. The van der Waals surface area contributed by atoms with E-state index in [1.54, 1.807) is 13.8 Å². The largest absolute Gasteiger partial charge is 0.375 e. The van der Waals surface area contributed by atoms with Crippen molar-refractivity contribution in [2.45, 2.75) is 31.2 Å². The maximum absolute atomic E-state index is 9.06. The minimum absolute atomic E-state index is 0.535. The molecule has 0 aliphatic rings. The van der Waals surface area contributed by atoms with Gasteiger partial charge in [0.1, 0.15) is 5.72 Å². The molecule has 0 aliphatic heterocycles. The van der Waals surface area contributed by atoms with E-state index in [1.165, 1.54) is 6.92 Å². The lowest BCUT2D eigenvalue weighted by atomic mass is 10.0. The first-order valence-electron chi connectivity index (χ1n) is 2.49. The van der Waals surface area contributed by atoms with Crippen LogP contribution in [0.1, 0.15) is 20.8 Å². The van der Waals surface area contributed by atoms with Crippen LogP contribution in [-0.4, -0.2) is 15.6 Å². The minimum Gasteiger partial charge on any atom is -0.375 e. The van der Waals surface area contributed by atoms with Crippen LogP contribution in [0.2, 0.25) is 0 Å². The Morgan fingerprint density at radius 2 is 1.50 bits per heavy atom. The van der Waals surface area contributed by atoms with Crippen LogP contribution in [0, 0.1) is 0 Å². The molecule has 50 valence electrons. The van der Waals surface area contributed by atoms with Crippen molar-refractivity contribution >= 4 is 12.6 Å². The molecule has 0 aliphatic carbocycles. The highest BCUT2D eigenvalue weighted by molar-refractivity contribution is 7.81. The molecule has 0 bridgehead atoms. The highest BCUT2D eigenvalue weighted by Crippen LogP contribution is 2.22. The van der Waals surface area contributed by atoms with Gasteiger partial charge >= 0.3 is 0 Å². The Morgan fingerprint density at radius 1 is 1.38 bits per heavy atom. The molecule has 0 spiro atoms. The van der Waals surface area contributed by atoms with E-state index in [9.17, 15) is 0 Å². The Morgan fingerprint density at radius 3 is 1.50 bits per heavy atom. The zero-order valence-electron chi connectivity index (χ0n) is 5.47. The van der Waals surface area contributed by atoms with Crippen molar-refractivity contribution in [2.75, 3.05) is 0 Å². The van der Waals surface area contributed by atoms with Crippen molar-refractivity contribution < 1.29 is 5.11 Å². The Kier molecular flexibility index (Phi) is 1.96. The van der Waals surface area contributed by atoms with Crippen LogP contribution in [0.4, 0.5) is 0 Å². The van der Waals surface area contributed by atoms with Gasteiger partial charge in [-0.25, -0.2) is 0 Å². The number of rotatable bonds is 1. The molecule has 0 aromatic carbocycles. The van der Waals surface area contributed by atoms with Gasteiger partial charge in [-0.15, -0.1) is 0 Å². The summed E-state index contributed by atoms with van der Waals surface area (Å²) in [4.78, 5) is 0. The molecule has 0 rings (SSSR count). The van der Waals surface area contributed by atoms with Crippen LogP contribution in [0.25, 0.3) is 0 Å². The molecule has 0 amide bonds. The lowest BCUT2D eigenvalue weighted by Gasteiger charge is -2.31. The summed E-state index contributed by atoms with van der Waals surface area (Å²) in [5.41, 5.74) is 4.09. The molecule has 0 saturated heterocycles. The molecule has 1 atom stereocenters. The average molecular weight is 135 g/mol. The molecule has 8 heavy (non-hydrogen) atoms. The van der Waals surface area contributed by atoms with Crippen molar-refractivity contribution in [3.8, 4) is 0 Å².